The van der Waals surface area contributed by atoms with Gasteiger partial charge in [0.1, 0.15) is 5.75 Å². The van der Waals surface area contributed by atoms with E-state index in [1.807, 2.05) is 0 Å². The zero-order valence-electron chi connectivity index (χ0n) is 11.8. The monoisotopic (exact) mass is 247 g/mol. The summed E-state index contributed by atoms with van der Waals surface area (Å²) in [5, 5.41) is 3.70. The number of benzene rings is 1. The Morgan fingerprint density at radius 1 is 1.33 bits per heavy atom. The van der Waals surface area contributed by atoms with Gasteiger partial charge in [-0.15, -0.1) is 0 Å². The van der Waals surface area contributed by atoms with E-state index >= 15 is 0 Å². The molecule has 0 aliphatic heterocycles. The van der Waals surface area contributed by atoms with E-state index in [1.165, 1.54) is 36.8 Å². The summed E-state index contributed by atoms with van der Waals surface area (Å²) in [5.41, 5.74) is 2.87. The molecule has 18 heavy (non-hydrogen) atoms. The van der Waals surface area contributed by atoms with Crippen molar-refractivity contribution < 1.29 is 4.74 Å². The third-order valence-electron chi connectivity index (χ3n) is 4.05. The molecule has 1 N–H and O–H groups in total. The predicted molar refractivity (Wildman–Crippen MR) is 76.4 cm³/mol. The maximum Gasteiger partial charge on any atom is 0.119 e. The normalized spacial score (nSPS) is 23.3. The van der Waals surface area contributed by atoms with E-state index in [9.17, 15) is 0 Å². The molecule has 2 nitrogen and oxygen atoms in total. The second-order valence-corrected chi connectivity index (χ2v) is 5.32. The molecule has 0 heterocycles. The van der Waals surface area contributed by atoms with E-state index in [2.05, 4.69) is 37.4 Å². The largest absolute Gasteiger partial charge is 0.497 e. The number of hydrogen-bond acceptors (Lipinski definition) is 2. The van der Waals surface area contributed by atoms with Crippen molar-refractivity contribution in [1.82, 2.24) is 5.32 Å². The van der Waals surface area contributed by atoms with Gasteiger partial charge < -0.3 is 10.1 Å². The molecule has 1 aromatic carbocycles. The molecule has 1 aliphatic carbocycles. The standard InChI is InChI=1S/C16H25NO/c1-4-10-17-16-7-5-6-15(16)14-9-8-13(18-3)11-12(14)2/h8-9,11,15-17H,4-7,10H2,1-3H3. The highest BCUT2D eigenvalue weighted by Gasteiger charge is 2.28. The second kappa shape index (κ2) is 6.24. The summed E-state index contributed by atoms with van der Waals surface area (Å²) < 4.78 is 5.29. The molecule has 0 saturated heterocycles. The van der Waals surface area contributed by atoms with Crippen LogP contribution in [0.1, 0.15) is 49.7 Å². The van der Waals surface area contributed by atoms with Gasteiger partial charge in [-0.3, -0.25) is 0 Å². The van der Waals surface area contributed by atoms with Gasteiger partial charge in [-0.25, -0.2) is 0 Å². The van der Waals surface area contributed by atoms with Gasteiger partial charge >= 0.3 is 0 Å². The molecule has 1 aromatic rings. The van der Waals surface area contributed by atoms with E-state index in [0.29, 0.717) is 12.0 Å². The summed E-state index contributed by atoms with van der Waals surface area (Å²) in [7, 11) is 1.73. The fourth-order valence-electron chi connectivity index (χ4n) is 3.10. The van der Waals surface area contributed by atoms with Crippen LogP contribution in [0.4, 0.5) is 0 Å². The van der Waals surface area contributed by atoms with Gasteiger partial charge in [0.05, 0.1) is 7.11 Å². The average Bonchev–Trinajstić information content (AvgIpc) is 2.84. The number of methoxy groups -OCH3 is 1. The molecule has 0 aromatic heterocycles. The first kappa shape index (κ1) is 13.4. The Balaban J connectivity index is 2.14. The van der Waals surface area contributed by atoms with Crippen LogP contribution in [-0.4, -0.2) is 19.7 Å². The summed E-state index contributed by atoms with van der Waals surface area (Å²) >= 11 is 0. The summed E-state index contributed by atoms with van der Waals surface area (Å²) in [6.07, 6.45) is 5.19. The molecule has 1 aliphatic rings. The minimum absolute atomic E-state index is 0.664. The Bertz CT molecular complexity index is 389. The lowest BCUT2D eigenvalue weighted by molar-refractivity contribution is 0.413. The van der Waals surface area contributed by atoms with Gasteiger partial charge in [0.2, 0.25) is 0 Å². The molecule has 0 amide bonds. The molecule has 0 spiro atoms. The van der Waals surface area contributed by atoms with E-state index in [4.69, 9.17) is 4.74 Å². The SMILES string of the molecule is CCCNC1CCCC1c1ccc(OC)cc1C. The molecular formula is C16H25NO. The lowest BCUT2D eigenvalue weighted by Crippen LogP contribution is -2.32. The first-order valence-corrected chi connectivity index (χ1v) is 7.14. The lowest BCUT2D eigenvalue weighted by Gasteiger charge is -2.23. The summed E-state index contributed by atoms with van der Waals surface area (Å²) in [6, 6.07) is 7.17. The van der Waals surface area contributed by atoms with Crippen LogP contribution in [0.25, 0.3) is 0 Å². The first-order valence-electron chi connectivity index (χ1n) is 7.14. The van der Waals surface area contributed by atoms with Gasteiger partial charge in [-0.2, -0.15) is 0 Å². The topological polar surface area (TPSA) is 21.3 Å². The van der Waals surface area contributed by atoms with Crippen molar-refractivity contribution in [2.75, 3.05) is 13.7 Å². The van der Waals surface area contributed by atoms with Gasteiger partial charge in [-0.1, -0.05) is 19.4 Å². The van der Waals surface area contributed by atoms with Crippen LogP contribution in [0.2, 0.25) is 0 Å². The van der Waals surface area contributed by atoms with Crippen molar-refractivity contribution in [2.45, 2.75) is 51.5 Å². The fraction of sp³-hybridized carbons (Fsp3) is 0.625. The van der Waals surface area contributed by atoms with Crippen LogP contribution in [0.3, 0.4) is 0 Å². The van der Waals surface area contributed by atoms with E-state index in [1.54, 1.807) is 7.11 Å². The maximum absolute atomic E-state index is 5.29. The Hall–Kier alpha value is -1.02. The van der Waals surface area contributed by atoms with Crippen LogP contribution in [0.15, 0.2) is 18.2 Å². The molecule has 100 valence electrons. The average molecular weight is 247 g/mol. The third kappa shape index (κ3) is 2.86. The quantitative estimate of drug-likeness (QED) is 0.857. The molecule has 0 bridgehead atoms. The van der Waals surface area contributed by atoms with Crippen molar-refractivity contribution in [2.24, 2.45) is 0 Å². The Kier molecular flexibility index (Phi) is 4.65. The molecule has 2 atom stereocenters. The van der Waals surface area contributed by atoms with Crippen LogP contribution in [0, 0.1) is 6.92 Å². The predicted octanol–water partition coefficient (Wildman–Crippen LogP) is 3.64. The number of nitrogens with one attached hydrogen (secondary N) is 1. The van der Waals surface area contributed by atoms with Crippen LogP contribution in [0.5, 0.6) is 5.75 Å². The summed E-state index contributed by atoms with van der Waals surface area (Å²) in [6.45, 7) is 5.57. The van der Waals surface area contributed by atoms with Gasteiger partial charge in [0.25, 0.3) is 0 Å². The van der Waals surface area contributed by atoms with Crippen molar-refractivity contribution in [3.63, 3.8) is 0 Å². The molecule has 1 saturated carbocycles. The number of ether oxygens (including phenoxy) is 1. The molecule has 2 unspecified atom stereocenters. The lowest BCUT2D eigenvalue weighted by atomic mass is 9.90. The number of aryl methyl sites for hydroxylation is 1. The van der Waals surface area contributed by atoms with Crippen LogP contribution in [-0.2, 0) is 0 Å². The minimum atomic E-state index is 0.664. The van der Waals surface area contributed by atoms with E-state index < -0.39 is 0 Å². The van der Waals surface area contributed by atoms with E-state index in [-0.39, 0.29) is 0 Å². The molecular weight excluding hydrogens is 222 g/mol. The highest BCUT2D eigenvalue weighted by atomic mass is 16.5. The Morgan fingerprint density at radius 3 is 2.83 bits per heavy atom. The van der Waals surface area contributed by atoms with Gasteiger partial charge in [0.15, 0.2) is 0 Å². The van der Waals surface area contributed by atoms with Crippen molar-refractivity contribution in [3.05, 3.63) is 29.3 Å². The minimum Gasteiger partial charge on any atom is -0.497 e. The van der Waals surface area contributed by atoms with Crippen molar-refractivity contribution in [1.29, 1.82) is 0 Å². The second-order valence-electron chi connectivity index (χ2n) is 5.32. The Labute approximate surface area is 111 Å². The maximum atomic E-state index is 5.29. The zero-order valence-corrected chi connectivity index (χ0v) is 11.8. The summed E-state index contributed by atoms with van der Waals surface area (Å²) in [4.78, 5) is 0. The molecule has 2 rings (SSSR count). The Morgan fingerprint density at radius 2 is 2.17 bits per heavy atom. The van der Waals surface area contributed by atoms with E-state index in [0.717, 1.165) is 12.3 Å². The van der Waals surface area contributed by atoms with Gasteiger partial charge in [0, 0.05) is 6.04 Å². The van der Waals surface area contributed by atoms with Crippen molar-refractivity contribution >= 4 is 0 Å². The first-order chi connectivity index (χ1) is 8.76. The molecule has 0 radical (unpaired) electrons. The highest BCUT2D eigenvalue weighted by molar-refractivity contribution is 5.38. The number of hydrogen-bond donors (Lipinski definition) is 1. The van der Waals surface area contributed by atoms with Crippen molar-refractivity contribution in [3.8, 4) is 5.75 Å². The molecule has 1 fully saturated rings. The molecule has 2 heteroatoms. The highest BCUT2D eigenvalue weighted by Crippen LogP contribution is 2.37. The zero-order chi connectivity index (χ0) is 13.0. The number of rotatable bonds is 5. The van der Waals surface area contributed by atoms with Crippen LogP contribution < -0.4 is 10.1 Å². The fourth-order valence-corrected chi connectivity index (χ4v) is 3.10. The third-order valence-corrected chi connectivity index (χ3v) is 4.05. The smallest absolute Gasteiger partial charge is 0.119 e. The summed E-state index contributed by atoms with van der Waals surface area (Å²) in [5.74, 6) is 1.65. The van der Waals surface area contributed by atoms with Gasteiger partial charge in [-0.05, 0) is 61.9 Å². The van der Waals surface area contributed by atoms with Crippen LogP contribution >= 0.6 is 0 Å².